The molecule has 3 rings (SSSR count). The van der Waals surface area contributed by atoms with Gasteiger partial charge in [0.15, 0.2) is 0 Å². The van der Waals surface area contributed by atoms with Crippen LogP contribution in [0.3, 0.4) is 0 Å². The Bertz CT molecular complexity index is 431. The van der Waals surface area contributed by atoms with Crippen molar-refractivity contribution in [3.8, 4) is 0 Å². The summed E-state index contributed by atoms with van der Waals surface area (Å²) in [7, 11) is 0. The van der Waals surface area contributed by atoms with Crippen LogP contribution in [0.4, 0.5) is 0 Å². The van der Waals surface area contributed by atoms with Crippen molar-refractivity contribution in [1.82, 2.24) is 10.4 Å². The third-order valence-electron chi connectivity index (χ3n) is 5.41. The van der Waals surface area contributed by atoms with Gasteiger partial charge in [-0.2, -0.15) is 0 Å². The fourth-order valence-electron chi connectivity index (χ4n) is 4.36. The normalized spacial score (nSPS) is 41.3. The molecule has 1 aliphatic heterocycles. The largest absolute Gasteiger partial charge is 0.305 e. The van der Waals surface area contributed by atoms with Gasteiger partial charge in [-0.05, 0) is 30.6 Å². The first-order valence-electron chi connectivity index (χ1n) is 6.04. The zero-order valence-corrected chi connectivity index (χ0v) is 10.0. The van der Waals surface area contributed by atoms with E-state index < -0.39 is 11.3 Å². The van der Waals surface area contributed by atoms with Crippen molar-refractivity contribution in [3.05, 3.63) is 0 Å². The number of carbonyl (C=O) groups excluding carboxylic acids is 3. The first-order chi connectivity index (χ1) is 7.95. The van der Waals surface area contributed by atoms with Gasteiger partial charge in [-0.1, -0.05) is 13.8 Å². The Kier molecular flexibility index (Phi) is 1.83. The smallest absolute Gasteiger partial charge is 0.292 e. The molecule has 5 nitrogen and oxygen atoms in total. The maximum Gasteiger partial charge on any atom is 0.305 e. The van der Waals surface area contributed by atoms with Gasteiger partial charge >= 0.3 is 5.91 Å². The number of hydrogen-bond acceptors (Lipinski definition) is 3. The predicted molar refractivity (Wildman–Crippen MR) is 58.4 cm³/mol. The van der Waals surface area contributed by atoms with E-state index in [1.807, 2.05) is 0 Å². The second-order valence-corrected chi connectivity index (χ2v) is 5.95. The number of fused-ring (bicyclic) bond motifs is 1. The molecule has 1 saturated heterocycles. The minimum atomic E-state index is -0.636. The number of carbonyl (C=O) groups is 3. The average Bonchev–Trinajstić information content (AvgIpc) is 2.83. The molecule has 0 aromatic rings. The molecule has 1 heterocycles. The second kappa shape index (κ2) is 2.89. The van der Waals surface area contributed by atoms with Gasteiger partial charge in [-0.15, -0.1) is 0 Å². The number of aldehydes is 1. The SMILES string of the molecule is CC1(C)[C@@H]2CC[C@]13C(=O)NN(C(=O)C=O)[C@@H]3C2. The Labute approximate surface area is 99.5 Å². The van der Waals surface area contributed by atoms with Crippen molar-refractivity contribution in [2.24, 2.45) is 16.7 Å². The van der Waals surface area contributed by atoms with E-state index in [0.717, 1.165) is 19.3 Å². The number of nitrogens with zero attached hydrogens (tertiary/aromatic N) is 1. The number of amides is 2. The summed E-state index contributed by atoms with van der Waals surface area (Å²) >= 11 is 0. The Hall–Kier alpha value is -1.39. The molecule has 1 N–H and O–H groups in total. The molecule has 2 aliphatic carbocycles. The molecule has 3 atom stereocenters. The van der Waals surface area contributed by atoms with E-state index in [4.69, 9.17) is 0 Å². The quantitative estimate of drug-likeness (QED) is 0.524. The highest BCUT2D eigenvalue weighted by Crippen LogP contribution is 2.68. The molecule has 0 radical (unpaired) electrons. The number of nitrogens with one attached hydrogen (secondary N) is 1. The standard InChI is InChI=1S/C12H16N2O3/c1-11(2)7-3-4-12(11)8(5-7)14(9(16)6-15)13-10(12)17/h6-8H,3-5H2,1-2H3,(H,13,17)/t7-,8-,12+/m1/s1. The molecular formula is C12H16N2O3. The maximum absolute atomic E-state index is 12.3. The summed E-state index contributed by atoms with van der Waals surface area (Å²) in [6, 6.07) is -0.138. The molecule has 3 fully saturated rings. The molecule has 1 spiro atoms. The predicted octanol–water partition coefficient (Wildman–Crippen LogP) is 0.254. The average molecular weight is 236 g/mol. The molecule has 2 amide bonds. The van der Waals surface area contributed by atoms with Crippen LogP contribution >= 0.6 is 0 Å². The van der Waals surface area contributed by atoms with Crippen LogP contribution in [0.15, 0.2) is 0 Å². The Morgan fingerprint density at radius 3 is 2.82 bits per heavy atom. The third-order valence-corrected chi connectivity index (χ3v) is 5.41. The Balaban J connectivity index is 2.06. The van der Waals surface area contributed by atoms with Gasteiger partial charge in [0.05, 0.1) is 11.5 Å². The summed E-state index contributed by atoms with van der Waals surface area (Å²) in [4.78, 5) is 34.4. The van der Waals surface area contributed by atoms with Crippen molar-refractivity contribution in [3.63, 3.8) is 0 Å². The summed E-state index contributed by atoms with van der Waals surface area (Å²) < 4.78 is 0. The molecule has 2 bridgehead atoms. The second-order valence-electron chi connectivity index (χ2n) is 5.95. The zero-order valence-electron chi connectivity index (χ0n) is 10.0. The van der Waals surface area contributed by atoms with E-state index in [-0.39, 0.29) is 23.7 Å². The van der Waals surface area contributed by atoms with E-state index in [0.29, 0.717) is 5.92 Å². The molecule has 17 heavy (non-hydrogen) atoms. The minimum Gasteiger partial charge on any atom is -0.292 e. The van der Waals surface area contributed by atoms with E-state index in [1.54, 1.807) is 0 Å². The molecule has 3 aliphatic rings. The van der Waals surface area contributed by atoms with Crippen molar-refractivity contribution in [2.75, 3.05) is 0 Å². The van der Waals surface area contributed by atoms with Crippen LogP contribution < -0.4 is 5.43 Å². The Morgan fingerprint density at radius 2 is 2.24 bits per heavy atom. The van der Waals surface area contributed by atoms with Crippen molar-refractivity contribution in [2.45, 2.75) is 39.2 Å². The minimum absolute atomic E-state index is 0.0808. The van der Waals surface area contributed by atoms with E-state index in [2.05, 4.69) is 19.3 Å². The Morgan fingerprint density at radius 1 is 1.53 bits per heavy atom. The van der Waals surface area contributed by atoms with Crippen LogP contribution in [0.1, 0.15) is 33.1 Å². The zero-order chi connectivity index (χ0) is 12.4. The fraction of sp³-hybridized carbons (Fsp3) is 0.750. The highest BCUT2D eigenvalue weighted by atomic mass is 16.2. The summed E-state index contributed by atoms with van der Waals surface area (Å²) in [6.07, 6.45) is 2.97. The molecule has 0 aromatic carbocycles. The van der Waals surface area contributed by atoms with Gasteiger partial charge in [0.1, 0.15) is 0 Å². The van der Waals surface area contributed by atoms with Gasteiger partial charge < -0.3 is 0 Å². The van der Waals surface area contributed by atoms with Gasteiger partial charge in [0, 0.05) is 0 Å². The van der Waals surface area contributed by atoms with E-state index in [1.165, 1.54) is 5.01 Å². The first-order valence-corrected chi connectivity index (χ1v) is 6.04. The van der Waals surface area contributed by atoms with Gasteiger partial charge in [-0.25, -0.2) is 5.01 Å². The summed E-state index contributed by atoms with van der Waals surface area (Å²) in [6.45, 7) is 4.22. The lowest BCUT2D eigenvalue weighted by molar-refractivity contribution is -0.143. The van der Waals surface area contributed by atoms with Crippen LogP contribution in [0.5, 0.6) is 0 Å². The van der Waals surface area contributed by atoms with Gasteiger partial charge in [0.25, 0.3) is 0 Å². The molecule has 0 aromatic heterocycles. The van der Waals surface area contributed by atoms with Crippen LogP contribution in [0, 0.1) is 16.7 Å². The van der Waals surface area contributed by atoms with Gasteiger partial charge in [-0.3, -0.25) is 19.8 Å². The van der Waals surface area contributed by atoms with E-state index >= 15 is 0 Å². The van der Waals surface area contributed by atoms with E-state index in [9.17, 15) is 14.4 Å². The highest BCUT2D eigenvalue weighted by molar-refractivity contribution is 6.24. The number of rotatable bonds is 1. The first kappa shape index (κ1) is 10.7. The van der Waals surface area contributed by atoms with Crippen LogP contribution in [0.2, 0.25) is 0 Å². The van der Waals surface area contributed by atoms with Gasteiger partial charge in [0.2, 0.25) is 12.2 Å². The lowest BCUT2D eigenvalue weighted by Gasteiger charge is -2.34. The number of hydrazine groups is 1. The molecule has 92 valence electrons. The third kappa shape index (κ3) is 0.944. The highest BCUT2D eigenvalue weighted by Gasteiger charge is 2.72. The van der Waals surface area contributed by atoms with Crippen molar-refractivity contribution in [1.29, 1.82) is 0 Å². The van der Waals surface area contributed by atoms with Crippen LogP contribution in [-0.2, 0) is 14.4 Å². The summed E-state index contributed by atoms with van der Waals surface area (Å²) in [5.41, 5.74) is 2.03. The topological polar surface area (TPSA) is 66.5 Å². The lowest BCUT2D eigenvalue weighted by Crippen LogP contribution is -2.45. The van der Waals surface area contributed by atoms with Crippen molar-refractivity contribution >= 4 is 18.1 Å². The summed E-state index contributed by atoms with van der Waals surface area (Å²) in [5, 5.41) is 1.26. The number of hydrogen-bond donors (Lipinski definition) is 1. The molecule has 2 saturated carbocycles. The van der Waals surface area contributed by atoms with Crippen molar-refractivity contribution < 1.29 is 14.4 Å². The lowest BCUT2D eigenvalue weighted by atomic mass is 9.68. The fourth-order valence-corrected chi connectivity index (χ4v) is 4.36. The maximum atomic E-state index is 12.3. The molecule has 0 unspecified atom stereocenters. The molecule has 5 heteroatoms. The van der Waals surface area contributed by atoms with Crippen LogP contribution in [0.25, 0.3) is 0 Å². The van der Waals surface area contributed by atoms with Crippen LogP contribution in [-0.4, -0.2) is 29.2 Å². The molecular weight excluding hydrogens is 220 g/mol. The summed E-state index contributed by atoms with van der Waals surface area (Å²) in [5.74, 6) is -0.244. The monoisotopic (exact) mass is 236 g/mol.